The maximum absolute atomic E-state index is 11.8. The number of amides is 1. The van der Waals surface area contributed by atoms with Crippen molar-refractivity contribution in [2.45, 2.75) is 12.5 Å². The lowest BCUT2D eigenvalue weighted by Crippen LogP contribution is -2.39. The Morgan fingerprint density at radius 3 is 2.89 bits per heavy atom. The zero-order valence-electron chi connectivity index (χ0n) is 16.1. The minimum Gasteiger partial charge on any atom is -0.453 e. The highest BCUT2D eigenvalue weighted by Gasteiger charge is 2.30. The van der Waals surface area contributed by atoms with Gasteiger partial charge in [0.2, 0.25) is 0 Å². The van der Waals surface area contributed by atoms with Gasteiger partial charge in [0, 0.05) is 38.9 Å². The van der Waals surface area contributed by atoms with Crippen LogP contribution in [0.1, 0.15) is 6.42 Å². The summed E-state index contributed by atoms with van der Waals surface area (Å²) in [6.07, 6.45) is 2.21. The molecular formula is C20H22ClN5O2. The molecule has 1 amide bonds. The predicted molar refractivity (Wildman–Crippen MR) is 110 cm³/mol. The highest BCUT2D eigenvalue weighted by atomic mass is 35.5. The van der Waals surface area contributed by atoms with Gasteiger partial charge >= 0.3 is 6.09 Å². The molecular weight excluding hydrogens is 378 g/mol. The van der Waals surface area contributed by atoms with Gasteiger partial charge in [0.1, 0.15) is 11.6 Å². The van der Waals surface area contributed by atoms with Crippen molar-refractivity contribution in [3.8, 4) is 11.4 Å². The van der Waals surface area contributed by atoms with E-state index in [1.807, 2.05) is 41.9 Å². The Kier molecular flexibility index (Phi) is 4.85. The summed E-state index contributed by atoms with van der Waals surface area (Å²) in [6, 6.07) is 10.1. The Labute approximate surface area is 168 Å². The molecule has 1 atom stereocenters. The van der Waals surface area contributed by atoms with Crippen LogP contribution in [-0.2, 0) is 11.8 Å². The van der Waals surface area contributed by atoms with Gasteiger partial charge in [0.15, 0.2) is 0 Å². The molecule has 1 unspecified atom stereocenters. The summed E-state index contributed by atoms with van der Waals surface area (Å²) in [5.74, 6) is 1.63. The van der Waals surface area contributed by atoms with E-state index in [1.54, 1.807) is 18.1 Å². The highest BCUT2D eigenvalue weighted by molar-refractivity contribution is 6.33. The Hall–Kier alpha value is -2.80. The SMILES string of the molecule is COC(=O)N(C)C1CCN(c2cc(-c3nc4ccccc4n3C)c(Cl)cn2)C1. The molecule has 1 fully saturated rings. The van der Waals surface area contributed by atoms with Crippen molar-refractivity contribution < 1.29 is 9.53 Å². The lowest BCUT2D eigenvalue weighted by atomic mass is 10.2. The third-order valence-electron chi connectivity index (χ3n) is 5.37. The maximum atomic E-state index is 11.8. The number of hydrogen-bond donors (Lipinski definition) is 0. The molecule has 1 aliphatic heterocycles. The number of hydrogen-bond acceptors (Lipinski definition) is 5. The number of pyridine rings is 1. The smallest absolute Gasteiger partial charge is 0.409 e. The van der Waals surface area contributed by atoms with E-state index < -0.39 is 0 Å². The van der Waals surface area contributed by atoms with Crippen LogP contribution in [0, 0.1) is 0 Å². The number of aromatic nitrogens is 3. The molecule has 1 saturated heterocycles. The number of nitrogens with zero attached hydrogens (tertiary/aromatic N) is 5. The predicted octanol–water partition coefficient (Wildman–Crippen LogP) is 3.57. The number of aryl methyl sites for hydroxylation is 1. The summed E-state index contributed by atoms with van der Waals surface area (Å²) in [6.45, 7) is 1.50. The van der Waals surface area contributed by atoms with Crippen LogP contribution in [0.25, 0.3) is 22.4 Å². The molecule has 0 spiro atoms. The van der Waals surface area contributed by atoms with Crippen molar-refractivity contribution in [2.75, 3.05) is 32.1 Å². The molecule has 0 saturated carbocycles. The number of likely N-dealkylation sites (N-methyl/N-ethyl adjacent to an activating group) is 1. The molecule has 1 aromatic carbocycles. The Morgan fingerprint density at radius 1 is 1.36 bits per heavy atom. The zero-order chi connectivity index (χ0) is 19.8. The molecule has 0 aliphatic carbocycles. The van der Waals surface area contributed by atoms with Gasteiger partial charge in [-0.05, 0) is 24.6 Å². The first kappa shape index (κ1) is 18.6. The highest BCUT2D eigenvalue weighted by Crippen LogP contribution is 2.32. The van der Waals surface area contributed by atoms with Gasteiger partial charge in [-0.25, -0.2) is 14.8 Å². The van der Waals surface area contributed by atoms with Crippen LogP contribution in [0.5, 0.6) is 0 Å². The summed E-state index contributed by atoms with van der Waals surface area (Å²) in [5.41, 5.74) is 2.82. The standard InChI is InChI=1S/C20H22ClN5O2/c1-24(20(27)28-3)13-8-9-26(12-13)18-10-14(15(21)11-22-18)19-23-16-6-4-5-7-17(16)25(19)2/h4-7,10-11,13H,8-9,12H2,1-3H3. The molecule has 0 N–H and O–H groups in total. The van der Waals surface area contributed by atoms with Crippen molar-refractivity contribution in [3.63, 3.8) is 0 Å². The van der Waals surface area contributed by atoms with Crippen molar-refractivity contribution >= 4 is 34.5 Å². The van der Waals surface area contributed by atoms with E-state index >= 15 is 0 Å². The van der Waals surface area contributed by atoms with E-state index in [4.69, 9.17) is 21.3 Å². The second kappa shape index (κ2) is 7.31. The molecule has 28 heavy (non-hydrogen) atoms. The lowest BCUT2D eigenvalue weighted by Gasteiger charge is -2.24. The van der Waals surface area contributed by atoms with E-state index in [-0.39, 0.29) is 12.1 Å². The summed E-state index contributed by atoms with van der Waals surface area (Å²) < 4.78 is 6.86. The molecule has 3 aromatic rings. The van der Waals surface area contributed by atoms with Gasteiger partial charge in [-0.1, -0.05) is 23.7 Å². The van der Waals surface area contributed by atoms with Gasteiger partial charge in [-0.3, -0.25) is 0 Å². The number of fused-ring (bicyclic) bond motifs is 1. The number of ether oxygens (including phenoxy) is 1. The van der Waals surface area contributed by atoms with Crippen molar-refractivity contribution in [2.24, 2.45) is 7.05 Å². The van der Waals surface area contributed by atoms with Crippen molar-refractivity contribution in [1.82, 2.24) is 19.4 Å². The first-order valence-electron chi connectivity index (χ1n) is 9.12. The number of benzene rings is 1. The van der Waals surface area contributed by atoms with Crippen LogP contribution >= 0.6 is 11.6 Å². The van der Waals surface area contributed by atoms with Gasteiger partial charge in [0.05, 0.1) is 29.2 Å². The van der Waals surface area contributed by atoms with Crippen LogP contribution in [0.2, 0.25) is 5.02 Å². The summed E-state index contributed by atoms with van der Waals surface area (Å²) >= 11 is 6.47. The lowest BCUT2D eigenvalue weighted by molar-refractivity contribution is 0.121. The number of carbonyl (C=O) groups is 1. The average molecular weight is 400 g/mol. The Bertz CT molecular complexity index is 1030. The van der Waals surface area contributed by atoms with E-state index in [0.717, 1.165) is 41.2 Å². The summed E-state index contributed by atoms with van der Waals surface area (Å²) in [4.78, 5) is 24.9. The van der Waals surface area contributed by atoms with Crippen LogP contribution in [0.3, 0.4) is 0 Å². The number of imidazole rings is 1. The van der Waals surface area contributed by atoms with Gasteiger partial charge in [0.25, 0.3) is 0 Å². The third-order valence-corrected chi connectivity index (χ3v) is 5.67. The Morgan fingerprint density at radius 2 is 2.14 bits per heavy atom. The minimum absolute atomic E-state index is 0.0872. The molecule has 0 radical (unpaired) electrons. The fraction of sp³-hybridized carbons (Fsp3) is 0.350. The topological polar surface area (TPSA) is 63.5 Å². The first-order valence-corrected chi connectivity index (χ1v) is 9.50. The molecule has 146 valence electrons. The van der Waals surface area contributed by atoms with Crippen LogP contribution in [0.15, 0.2) is 36.5 Å². The number of rotatable bonds is 3. The minimum atomic E-state index is -0.323. The van der Waals surface area contributed by atoms with E-state index in [1.165, 1.54) is 7.11 Å². The van der Waals surface area contributed by atoms with Gasteiger partial charge in [-0.15, -0.1) is 0 Å². The van der Waals surface area contributed by atoms with Crippen LogP contribution in [0.4, 0.5) is 10.6 Å². The number of methoxy groups -OCH3 is 1. The molecule has 0 bridgehead atoms. The number of anilines is 1. The average Bonchev–Trinajstić information content (AvgIpc) is 3.33. The van der Waals surface area contributed by atoms with Gasteiger partial charge in [-0.2, -0.15) is 0 Å². The number of halogens is 1. The molecule has 2 aromatic heterocycles. The maximum Gasteiger partial charge on any atom is 0.409 e. The Balaban J connectivity index is 1.65. The zero-order valence-corrected chi connectivity index (χ0v) is 16.8. The summed E-state index contributed by atoms with van der Waals surface area (Å²) in [5, 5.41) is 0.560. The van der Waals surface area contributed by atoms with Crippen LogP contribution < -0.4 is 4.90 Å². The molecule has 3 heterocycles. The van der Waals surface area contributed by atoms with Crippen molar-refractivity contribution in [1.29, 1.82) is 0 Å². The third kappa shape index (κ3) is 3.16. The van der Waals surface area contributed by atoms with E-state index in [9.17, 15) is 4.79 Å². The quantitative estimate of drug-likeness (QED) is 0.673. The van der Waals surface area contributed by atoms with Crippen molar-refractivity contribution in [3.05, 3.63) is 41.6 Å². The number of carbonyl (C=O) groups excluding carboxylic acids is 1. The number of para-hydroxylation sites is 2. The second-order valence-electron chi connectivity index (χ2n) is 6.97. The fourth-order valence-electron chi connectivity index (χ4n) is 3.72. The van der Waals surface area contributed by atoms with E-state index in [0.29, 0.717) is 11.6 Å². The van der Waals surface area contributed by atoms with Gasteiger partial charge < -0.3 is 19.1 Å². The normalized spacial score (nSPS) is 16.6. The fourth-order valence-corrected chi connectivity index (χ4v) is 3.91. The van der Waals surface area contributed by atoms with E-state index in [2.05, 4.69) is 9.88 Å². The molecule has 1 aliphatic rings. The first-order chi connectivity index (χ1) is 13.5. The van der Waals surface area contributed by atoms with Crippen LogP contribution in [-0.4, -0.2) is 58.8 Å². The monoisotopic (exact) mass is 399 g/mol. The molecule has 7 nitrogen and oxygen atoms in total. The largest absolute Gasteiger partial charge is 0.453 e. The second-order valence-corrected chi connectivity index (χ2v) is 7.38. The molecule has 4 rings (SSSR count). The summed E-state index contributed by atoms with van der Waals surface area (Å²) in [7, 11) is 5.15. The molecule has 8 heteroatoms.